The van der Waals surface area contributed by atoms with Gasteiger partial charge in [-0.1, -0.05) is 12.1 Å². The van der Waals surface area contributed by atoms with Crippen molar-refractivity contribution < 1.29 is 8.91 Å². The van der Waals surface area contributed by atoms with Crippen LogP contribution in [0.5, 0.6) is 0 Å². The summed E-state index contributed by atoms with van der Waals surface area (Å²) in [7, 11) is 0. The number of halogens is 1. The molecule has 1 saturated heterocycles. The van der Waals surface area contributed by atoms with Crippen molar-refractivity contribution in [2.45, 2.75) is 18.8 Å². The number of hydrogen-bond acceptors (Lipinski definition) is 6. The van der Waals surface area contributed by atoms with E-state index in [9.17, 15) is 4.39 Å². The molecule has 7 nitrogen and oxygen atoms in total. The van der Waals surface area contributed by atoms with Crippen molar-refractivity contribution in [3.05, 3.63) is 53.7 Å². The highest BCUT2D eigenvalue weighted by Crippen LogP contribution is 2.27. The van der Waals surface area contributed by atoms with E-state index in [1.54, 1.807) is 12.1 Å². The van der Waals surface area contributed by atoms with Gasteiger partial charge in [0.25, 0.3) is 5.95 Å². The summed E-state index contributed by atoms with van der Waals surface area (Å²) < 4.78 is 18.2. The summed E-state index contributed by atoms with van der Waals surface area (Å²) in [5, 5.41) is 10.8. The van der Waals surface area contributed by atoms with Crippen molar-refractivity contribution in [1.82, 2.24) is 25.3 Å². The van der Waals surface area contributed by atoms with Gasteiger partial charge in [-0.05, 0) is 29.3 Å². The summed E-state index contributed by atoms with van der Waals surface area (Å²) in [6.45, 7) is 1.63. The van der Waals surface area contributed by atoms with E-state index in [1.807, 2.05) is 0 Å². The maximum absolute atomic E-state index is 12.9. The Morgan fingerprint density at radius 2 is 2.17 bits per heavy atom. The van der Waals surface area contributed by atoms with Crippen LogP contribution in [-0.4, -0.2) is 38.4 Å². The Morgan fingerprint density at radius 3 is 2.96 bits per heavy atom. The molecule has 0 amide bonds. The first-order chi connectivity index (χ1) is 11.3. The lowest BCUT2D eigenvalue weighted by atomic mass is 10.1. The topological polar surface area (TPSA) is 83.7 Å². The largest absolute Gasteiger partial charge is 0.337 e. The van der Waals surface area contributed by atoms with Crippen molar-refractivity contribution in [3.63, 3.8) is 0 Å². The number of aromatic nitrogens is 5. The standard InChI is InChI=1S/C15H15FN6O/c16-12-3-1-10(2-4-12)7-13-19-15(21-23-13)22-6-5-11(8-22)14-17-9-18-20-14/h1-4,9,11H,5-8H2,(H,17,18,20). The Labute approximate surface area is 131 Å². The van der Waals surface area contributed by atoms with E-state index in [4.69, 9.17) is 4.52 Å². The molecular formula is C15H15FN6O. The van der Waals surface area contributed by atoms with E-state index in [-0.39, 0.29) is 5.82 Å². The fraction of sp³-hybridized carbons (Fsp3) is 0.333. The maximum Gasteiger partial charge on any atom is 0.266 e. The van der Waals surface area contributed by atoms with Gasteiger partial charge < -0.3 is 9.42 Å². The summed E-state index contributed by atoms with van der Waals surface area (Å²) in [6, 6.07) is 6.29. The van der Waals surface area contributed by atoms with Crippen LogP contribution in [0.15, 0.2) is 35.1 Å². The number of aromatic amines is 1. The van der Waals surface area contributed by atoms with Crippen LogP contribution >= 0.6 is 0 Å². The second-order valence-corrected chi connectivity index (χ2v) is 5.59. The molecule has 1 aromatic carbocycles. The van der Waals surface area contributed by atoms with Gasteiger partial charge in [-0.2, -0.15) is 10.1 Å². The zero-order valence-corrected chi connectivity index (χ0v) is 12.3. The lowest BCUT2D eigenvalue weighted by Gasteiger charge is -2.11. The Balaban J connectivity index is 1.43. The molecule has 4 rings (SSSR count). The summed E-state index contributed by atoms with van der Waals surface area (Å²) >= 11 is 0. The number of benzene rings is 1. The van der Waals surface area contributed by atoms with Crippen LogP contribution in [0.1, 0.15) is 29.6 Å². The van der Waals surface area contributed by atoms with E-state index < -0.39 is 0 Å². The van der Waals surface area contributed by atoms with Crippen LogP contribution in [0, 0.1) is 5.82 Å². The van der Waals surface area contributed by atoms with Crippen LogP contribution < -0.4 is 4.90 Å². The van der Waals surface area contributed by atoms with Crippen LogP contribution in [0.2, 0.25) is 0 Å². The quantitative estimate of drug-likeness (QED) is 0.792. The molecule has 3 aromatic rings. The van der Waals surface area contributed by atoms with Crippen LogP contribution in [0.25, 0.3) is 0 Å². The molecular weight excluding hydrogens is 299 g/mol. The Bertz CT molecular complexity index is 770. The van der Waals surface area contributed by atoms with Gasteiger partial charge in [-0.3, -0.25) is 5.10 Å². The SMILES string of the molecule is Fc1ccc(Cc2nc(N3CCC(c4ncn[nH]4)C3)no2)cc1. The zero-order chi connectivity index (χ0) is 15.6. The molecule has 0 aliphatic carbocycles. The summed E-state index contributed by atoms with van der Waals surface area (Å²) in [4.78, 5) is 10.7. The minimum atomic E-state index is -0.254. The molecule has 1 fully saturated rings. The molecule has 1 N–H and O–H groups in total. The summed E-state index contributed by atoms with van der Waals surface area (Å²) in [5.74, 6) is 2.05. The van der Waals surface area contributed by atoms with Crippen molar-refractivity contribution in [2.24, 2.45) is 0 Å². The number of nitrogens with zero attached hydrogens (tertiary/aromatic N) is 5. The average Bonchev–Trinajstić information content (AvgIpc) is 3.30. The van der Waals surface area contributed by atoms with E-state index in [0.717, 1.165) is 30.9 Å². The predicted octanol–water partition coefficient (Wildman–Crippen LogP) is 1.91. The lowest BCUT2D eigenvalue weighted by molar-refractivity contribution is 0.384. The molecule has 23 heavy (non-hydrogen) atoms. The fourth-order valence-electron chi connectivity index (χ4n) is 2.80. The third kappa shape index (κ3) is 2.92. The highest BCUT2D eigenvalue weighted by atomic mass is 19.1. The monoisotopic (exact) mass is 314 g/mol. The van der Waals surface area contributed by atoms with Crippen molar-refractivity contribution >= 4 is 5.95 Å². The minimum absolute atomic E-state index is 0.254. The molecule has 3 heterocycles. The molecule has 118 valence electrons. The minimum Gasteiger partial charge on any atom is -0.337 e. The number of rotatable bonds is 4. The van der Waals surface area contributed by atoms with Crippen LogP contribution in [-0.2, 0) is 6.42 Å². The van der Waals surface area contributed by atoms with Gasteiger partial charge in [0.1, 0.15) is 18.0 Å². The van der Waals surface area contributed by atoms with E-state index in [0.29, 0.717) is 24.2 Å². The number of anilines is 1. The molecule has 0 bridgehead atoms. The number of H-pyrrole nitrogens is 1. The van der Waals surface area contributed by atoms with Gasteiger partial charge >= 0.3 is 0 Å². The highest BCUT2D eigenvalue weighted by molar-refractivity contribution is 5.32. The van der Waals surface area contributed by atoms with E-state index >= 15 is 0 Å². The third-order valence-electron chi connectivity index (χ3n) is 4.02. The third-order valence-corrected chi connectivity index (χ3v) is 4.02. The molecule has 1 aliphatic rings. The second-order valence-electron chi connectivity index (χ2n) is 5.59. The Kier molecular flexibility index (Phi) is 3.49. The first-order valence-corrected chi connectivity index (χ1v) is 7.45. The fourth-order valence-corrected chi connectivity index (χ4v) is 2.80. The van der Waals surface area contributed by atoms with Gasteiger partial charge in [0.15, 0.2) is 0 Å². The molecule has 1 atom stereocenters. The first-order valence-electron chi connectivity index (χ1n) is 7.45. The smallest absolute Gasteiger partial charge is 0.266 e. The molecule has 0 saturated carbocycles. The normalized spacial score (nSPS) is 17.8. The van der Waals surface area contributed by atoms with E-state index in [1.165, 1.54) is 18.5 Å². The maximum atomic E-state index is 12.9. The van der Waals surface area contributed by atoms with Crippen molar-refractivity contribution in [1.29, 1.82) is 0 Å². The van der Waals surface area contributed by atoms with Gasteiger partial charge in [0.2, 0.25) is 5.89 Å². The van der Waals surface area contributed by atoms with Gasteiger partial charge in [-0.15, -0.1) is 0 Å². The second kappa shape index (κ2) is 5.79. The highest BCUT2D eigenvalue weighted by Gasteiger charge is 2.28. The number of hydrogen-bond donors (Lipinski definition) is 1. The van der Waals surface area contributed by atoms with Crippen molar-refractivity contribution in [2.75, 3.05) is 18.0 Å². The Morgan fingerprint density at radius 1 is 1.30 bits per heavy atom. The van der Waals surface area contributed by atoms with Gasteiger partial charge in [-0.25, -0.2) is 9.37 Å². The Hall–Kier alpha value is -2.77. The van der Waals surface area contributed by atoms with Gasteiger partial charge in [0.05, 0.1) is 6.42 Å². The zero-order valence-electron chi connectivity index (χ0n) is 12.3. The molecule has 1 aliphatic heterocycles. The predicted molar refractivity (Wildman–Crippen MR) is 79.5 cm³/mol. The van der Waals surface area contributed by atoms with E-state index in [2.05, 4.69) is 30.2 Å². The summed E-state index contributed by atoms with van der Waals surface area (Å²) in [5.41, 5.74) is 0.933. The molecule has 2 aromatic heterocycles. The van der Waals surface area contributed by atoms with Gasteiger partial charge in [0, 0.05) is 19.0 Å². The van der Waals surface area contributed by atoms with Crippen LogP contribution in [0.3, 0.4) is 0 Å². The molecule has 0 radical (unpaired) electrons. The molecule has 8 heteroatoms. The number of nitrogens with one attached hydrogen (secondary N) is 1. The lowest BCUT2D eigenvalue weighted by Crippen LogP contribution is -2.20. The van der Waals surface area contributed by atoms with Crippen molar-refractivity contribution in [3.8, 4) is 0 Å². The van der Waals surface area contributed by atoms with Crippen LogP contribution in [0.4, 0.5) is 10.3 Å². The molecule has 1 unspecified atom stereocenters. The first kappa shape index (κ1) is 13.9. The molecule has 0 spiro atoms. The average molecular weight is 314 g/mol. The summed E-state index contributed by atoms with van der Waals surface area (Å²) in [6.07, 6.45) is 2.98.